The summed E-state index contributed by atoms with van der Waals surface area (Å²) in [6.45, 7) is -0.0946. The normalized spacial score (nSPS) is 11.3. The van der Waals surface area contributed by atoms with E-state index in [1.165, 1.54) is 24.3 Å². The van der Waals surface area contributed by atoms with Gasteiger partial charge in [0.2, 0.25) is 10.0 Å². The Morgan fingerprint density at radius 1 is 0.950 bits per heavy atom. The summed E-state index contributed by atoms with van der Waals surface area (Å²) in [6, 6.07) is 11.7. The molecule has 0 radical (unpaired) electrons. The quantitative estimate of drug-likeness (QED) is 0.889. The Hall–Kier alpha value is -1.92. The third kappa shape index (κ3) is 4.04. The van der Waals surface area contributed by atoms with Crippen LogP contribution in [0.5, 0.6) is 0 Å². The number of sulfonamides is 1. The Labute approximate surface area is 116 Å². The summed E-state index contributed by atoms with van der Waals surface area (Å²) >= 11 is 0. The third-order valence-corrected chi connectivity index (χ3v) is 3.94. The van der Waals surface area contributed by atoms with Crippen molar-refractivity contribution in [2.75, 3.05) is 4.72 Å². The molecule has 0 saturated carbocycles. The number of aliphatic hydroxyl groups excluding tert-OH is 1. The van der Waals surface area contributed by atoms with E-state index >= 15 is 0 Å². The summed E-state index contributed by atoms with van der Waals surface area (Å²) in [5.41, 5.74) is 1.63. The van der Waals surface area contributed by atoms with E-state index in [4.69, 9.17) is 5.11 Å². The van der Waals surface area contributed by atoms with Gasteiger partial charge in [-0.15, -0.1) is 0 Å². The van der Waals surface area contributed by atoms with Crippen molar-refractivity contribution in [2.45, 2.75) is 12.4 Å². The first-order valence-corrected chi connectivity index (χ1v) is 7.58. The standard InChI is InChI=1S/C14H14FNO3S/c15-13-5-1-12(2-6-13)10-20(18,19)16-14-7-3-11(9-17)4-8-14/h1-8,16-17H,9-10H2. The molecule has 0 atom stereocenters. The minimum atomic E-state index is -3.56. The maximum Gasteiger partial charge on any atom is 0.236 e. The minimum Gasteiger partial charge on any atom is -0.392 e. The molecule has 2 rings (SSSR count). The van der Waals surface area contributed by atoms with Crippen molar-refractivity contribution in [2.24, 2.45) is 0 Å². The second kappa shape index (κ2) is 6.02. The average Bonchev–Trinajstić information content (AvgIpc) is 2.41. The predicted octanol–water partition coefficient (Wildman–Crippen LogP) is 2.26. The van der Waals surface area contributed by atoms with E-state index in [2.05, 4.69) is 4.72 Å². The van der Waals surface area contributed by atoms with Crippen LogP contribution in [-0.2, 0) is 22.4 Å². The molecule has 2 aromatic carbocycles. The predicted molar refractivity (Wildman–Crippen MR) is 75.0 cm³/mol. The van der Waals surface area contributed by atoms with Gasteiger partial charge in [-0.1, -0.05) is 24.3 Å². The number of anilines is 1. The number of hydrogen-bond acceptors (Lipinski definition) is 3. The number of nitrogens with one attached hydrogen (secondary N) is 1. The lowest BCUT2D eigenvalue weighted by atomic mass is 10.2. The van der Waals surface area contributed by atoms with Gasteiger partial charge in [0.15, 0.2) is 0 Å². The van der Waals surface area contributed by atoms with Gasteiger partial charge >= 0.3 is 0 Å². The van der Waals surface area contributed by atoms with Crippen LogP contribution < -0.4 is 4.72 Å². The van der Waals surface area contributed by atoms with E-state index in [1.54, 1.807) is 24.3 Å². The Kier molecular flexibility index (Phi) is 4.36. The van der Waals surface area contributed by atoms with Crippen LogP contribution in [0.4, 0.5) is 10.1 Å². The summed E-state index contributed by atoms with van der Waals surface area (Å²) in [6.07, 6.45) is 0. The molecule has 0 saturated heterocycles. The second-order valence-corrected chi connectivity index (χ2v) is 6.06. The molecule has 2 aromatic rings. The molecule has 0 aliphatic carbocycles. The second-order valence-electron chi connectivity index (χ2n) is 4.34. The van der Waals surface area contributed by atoms with Gasteiger partial charge in [0.1, 0.15) is 5.82 Å². The zero-order valence-electron chi connectivity index (χ0n) is 10.6. The van der Waals surface area contributed by atoms with Crippen molar-refractivity contribution in [3.63, 3.8) is 0 Å². The molecule has 0 aliphatic heterocycles. The number of benzene rings is 2. The lowest BCUT2D eigenvalue weighted by molar-refractivity contribution is 0.282. The van der Waals surface area contributed by atoms with Gasteiger partial charge in [-0.05, 0) is 35.4 Å². The highest BCUT2D eigenvalue weighted by molar-refractivity contribution is 7.91. The van der Waals surface area contributed by atoms with Gasteiger partial charge in [-0.3, -0.25) is 4.72 Å². The van der Waals surface area contributed by atoms with Crippen LogP contribution in [0, 0.1) is 5.82 Å². The van der Waals surface area contributed by atoms with E-state index in [0.29, 0.717) is 16.8 Å². The fourth-order valence-corrected chi connectivity index (χ4v) is 2.89. The van der Waals surface area contributed by atoms with Gasteiger partial charge in [0.25, 0.3) is 0 Å². The van der Waals surface area contributed by atoms with Crippen LogP contribution in [0.25, 0.3) is 0 Å². The van der Waals surface area contributed by atoms with Crippen LogP contribution in [0.1, 0.15) is 11.1 Å². The highest BCUT2D eigenvalue weighted by Gasteiger charge is 2.11. The van der Waals surface area contributed by atoms with Crippen molar-refractivity contribution >= 4 is 15.7 Å². The molecule has 0 aromatic heterocycles. The van der Waals surface area contributed by atoms with Crippen LogP contribution in [0.15, 0.2) is 48.5 Å². The van der Waals surface area contributed by atoms with Crippen molar-refractivity contribution in [3.05, 3.63) is 65.5 Å². The maximum absolute atomic E-state index is 12.8. The smallest absolute Gasteiger partial charge is 0.236 e. The lowest BCUT2D eigenvalue weighted by Crippen LogP contribution is -2.15. The SMILES string of the molecule is O=S(=O)(Cc1ccc(F)cc1)Nc1ccc(CO)cc1. The lowest BCUT2D eigenvalue weighted by Gasteiger charge is -2.08. The monoisotopic (exact) mass is 295 g/mol. The highest BCUT2D eigenvalue weighted by atomic mass is 32.2. The number of rotatable bonds is 5. The first kappa shape index (κ1) is 14.5. The first-order valence-electron chi connectivity index (χ1n) is 5.93. The van der Waals surface area contributed by atoms with Gasteiger partial charge < -0.3 is 5.11 Å². The molecule has 106 valence electrons. The Balaban J connectivity index is 2.08. The van der Waals surface area contributed by atoms with Crippen molar-refractivity contribution in [3.8, 4) is 0 Å². The van der Waals surface area contributed by atoms with Gasteiger partial charge in [0.05, 0.1) is 12.4 Å². The van der Waals surface area contributed by atoms with E-state index in [9.17, 15) is 12.8 Å². The third-order valence-electron chi connectivity index (χ3n) is 2.68. The van der Waals surface area contributed by atoms with Crippen molar-refractivity contribution in [1.29, 1.82) is 0 Å². The van der Waals surface area contributed by atoms with E-state index in [0.717, 1.165) is 0 Å². The Morgan fingerprint density at radius 2 is 1.50 bits per heavy atom. The van der Waals surface area contributed by atoms with Crippen molar-refractivity contribution in [1.82, 2.24) is 0 Å². The highest BCUT2D eigenvalue weighted by Crippen LogP contribution is 2.14. The molecular weight excluding hydrogens is 281 g/mol. The molecule has 0 amide bonds. The first-order chi connectivity index (χ1) is 9.48. The molecule has 0 spiro atoms. The zero-order valence-corrected chi connectivity index (χ0v) is 11.4. The summed E-state index contributed by atoms with van der Waals surface area (Å²) in [7, 11) is -3.56. The van der Waals surface area contributed by atoms with Gasteiger partial charge in [-0.25, -0.2) is 12.8 Å². The largest absolute Gasteiger partial charge is 0.392 e. The molecule has 0 bridgehead atoms. The van der Waals surface area contributed by atoms with Gasteiger partial charge in [-0.2, -0.15) is 0 Å². The van der Waals surface area contributed by atoms with Crippen LogP contribution >= 0.6 is 0 Å². The van der Waals surface area contributed by atoms with Crippen LogP contribution in [0.3, 0.4) is 0 Å². The molecule has 0 heterocycles. The molecule has 6 heteroatoms. The summed E-state index contributed by atoms with van der Waals surface area (Å²) < 4.78 is 39.1. The molecule has 0 aliphatic rings. The average molecular weight is 295 g/mol. The van der Waals surface area contributed by atoms with E-state index in [-0.39, 0.29) is 12.4 Å². The molecular formula is C14H14FNO3S. The van der Waals surface area contributed by atoms with Crippen LogP contribution in [0.2, 0.25) is 0 Å². The topological polar surface area (TPSA) is 66.4 Å². The molecule has 2 N–H and O–H groups in total. The number of halogens is 1. The van der Waals surface area contributed by atoms with E-state index in [1.807, 2.05) is 0 Å². The number of hydrogen-bond donors (Lipinski definition) is 2. The summed E-state index contributed by atoms with van der Waals surface area (Å²) in [5.74, 6) is -0.631. The molecule has 20 heavy (non-hydrogen) atoms. The maximum atomic E-state index is 12.8. The van der Waals surface area contributed by atoms with Crippen LogP contribution in [-0.4, -0.2) is 13.5 Å². The summed E-state index contributed by atoms with van der Waals surface area (Å²) in [5, 5.41) is 8.91. The molecule has 4 nitrogen and oxygen atoms in total. The number of aliphatic hydroxyl groups is 1. The Morgan fingerprint density at radius 3 is 2.05 bits per heavy atom. The summed E-state index contributed by atoms with van der Waals surface area (Å²) in [4.78, 5) is 0. The molecule has 0 fully saturated rings. The fourth-order valence-electron chi connectivity index (χ4n) is 1.69. The van der Waals surface area contributed by atoms with E-state index < -0.39 is 15.8 Å². The molecule has 0 unspecified atom stereocenters. The zero-order chi connectivity index (χ0) is 14.6. The van der Waals surface area contributed by atoms with Gasteiger partial charge in [0, 0.05) is 5.69 Å². The fraction of sp³-hybridized carbons (Fsp3) is 0.143. The minimum absolute atomic E-state index is 0.0946. The van der Waals surface area contributed by atoms with Crippen molar-refractivity contribution < 1.29 is 17.9 Å². The Bertz CT molecular complexity index is 667.